The van der Waals surface area contributed by atoms with Gasteiger partial charge in [0.15, 0.2) is 0 Å². The fourth-order valence-electron chi connectivity index (χ4n) is 2.55. The van der Waals surface area contributed by atoms with E-state index < -0.39 is 12.0 Å². The highest BCUT2D eigenvalue weighted by atomic mass is 16.5. The first-order valence-electron chi connectivity index (χ1n) is 6.56. The molecule has 19 heavy (non-hydrogen) atoms. The molecule has 0 spiro atoms. The highest BCUT2D eigenvalue weighted by Crippen LogP contribution is 2.36. The Labute approximate surface area is 114 Å². The molecule has 1 unspecified atom stereocenters. The van der Waals surface area contributed by atoms with Gasteiger partial charge in [0, 0.05) is 6.04 Å². The number of benzene rings is 1. The van der Waals surface area contributed by atoms with Gasteiger partial charge < -0.3 is 9.84 Å². The molecule has 0 amide bonds. The number of rotatable bonds is 5. The number of likely N-dealkylation sites (N-methyl/N-ethyl adjacent to an activating group) is 1. The molecule has 1 aromatic rings. The summed E-state index contributed by atoms with van der Waals surface area (Å²) in [6.45, 7) is 3.93. The van der Waals surface area contributed by atoms with E-state index in [0.717, 1.165) is 35.3 Å². The third kappa shape index (κ3) is 2.59. The van der Waals surface area contributed by atoms with E-state index in [9.17, 15) is 9.90 Å². The molecule has 1 atom stereocenters. The van der Waals surface area contributed by atoms with Crippen LogP contribution in [0.25, 0.3) is 0 Å². The van der Waals surface area contributed by atoms with Crippen LogP contribution in [0.5, 0.6) is 5.75 Å². The molecule has 0 bridgehead atoms. The average Bonchev–Trinajstić information content (AvgIpc) is 3.18. The van der Waals surface area contributed by atoms with E-state index in [1.807, 2.05) is 37.9 Å². The monoisotopic (exact) mass is 263 g/mol. The Morgan fingerprint density at radius 1 is 1.37 bits per heavy atom. The van der Waals surface area contributed by atoms with Crippen molar-refractivity contribution in [2.75, 3.05) is 14.2 Å². The van der Waals surface area contributed by atoms with Crippen LogP contribution in [-0.2, 0) is 4.79 Å². The van der Waals surface area contributed by atoms with Crippen molar-refractivity contribution in [1.82, 2.24) is 4.90 Å². The van der Waals surface area contributed by atoms with E-state index in [0.29, 0.717) is 6.04 Å². The minimum Gasteiger partial charge on any atom is -0.496 e. The number of ether oxygens (including phenoxy) is 1. The number of carbonyl (C=O) groups is 1. The molecule has 1 aliphatic rings. The van der Waals surface area contributed by atoms with E-state index in [-0.39, 0.29) is 0 Å². The number of hydrogen-bond donors (Lipinski definition) is 1. The topological polar surface area (TPSA) is 49.8 Å². The van der Waals surface area contributed by atoms with Gasteiger partial charge in [0.2, 0.25) is 0 Å². The van der Waals surface area contributed by atoms with Gasteiger partial charge in [0.05, 0.1) is 7.11 Å². The van der Waals surface area contributed by atoms with Crippen molar-refractivity contribution in [3.8, 4) is 5.75 Å². The van der Waals surface area contributed by atoms with Crippen LogP contribution in [0.4, 0.5) is 0 Å². The van der Waals surface area contributed by atoms with Crippen molar-refractivity contribution in [2.45, 2.75) is 38.8 Å². The molecular weight excluding hydrogens is 242 g/mol. The van der Waals surface area contributed by atoms with Crippen molar-refractivity contribution in [1.29, 1.82) is 0 Å². The van der Waals surface area contributed by atoms with Gasteiger partial charge in [0.25, 0.3) is 0 Å². The number of aliphatic carboxylic acids is 1. The van der Waals surface area contributed by atoms with E-state index >= 15 is 0 Å². The van der Waals surface area contributed by atoms with Crippen molar-refractivity contribution < 1.29 is 14.6 Å². The van der Waals surface area contributed by atoms with Crippen molar-refractivity contribution >= 4 is 5.97 Å². The molecule has 1 fully saturated rings. The van der Waals surface area contributed by atoms with Crippen LogP contribution in [0, 0.1) is 13.8 Å². The second-order valence-electron chi connectivity index (χ2n) is 5.24. The molecule has 0 heterocycles. The lowest BCUT2D eigenvalue weighted by Crippen LogP contribution is -2.33. The zero-order valence-electron chi connectivity index (χ0n) is 11.9. The summed E-state index contributed by atoms with van der Waals surface area (Å²) in [6.07, 6.45) is 2.18. The van der Waals surface area contributed by atoms with Crippen molar-refractivity contribution in [3.05, 3.63) is 28.8 Å². The lowest BCUT2D eigenvalue weighted by atomic mass is 9.95. The molecule has 1 N–H and O–H groups in total. The summed E-state index contributed by atoms with van der Waals surface area (Å²) < 4.78 is 5.28. The number of carboxylic acids is 1. The summed E-state index contributed by atoms with van der Waals surface area (Å²) >= 11 is 0. The minimum atomic E-state index is -0.790. The Hall–Kier alpha value is -1.55. The smallest absolute Gasteiger partial charge is 0.325 e. The maximum atomic E-state index is 11.6. The first kappa shape index (κ1) is 13.9. The molecule has 1 aromatic carbocycles. The Bertz CT molecular complexity index is 494. The van der Waals surface area contributed by atoms with Crippen molar-refractivity contribution in [3.63, 3.8) is 0 Å². The van der Waals surface area contributed by atoms with Gasteiger partial charge in [-0.05, 0) is 56.5 Å². The first-order chi connectivity index (χ1) is 8.97. The molecular formula is C15H21NO3. The lowest BCUT2D eigenvalue weighted by molar-refractivity contribution is -0.143. The SMILES string of the molecule is COc1ccc(C(C(=O)O)N(C)C2CC2)c(C)c1C. The summed E-state index contributed by atoms with van der Waals surface area (Å²) in [5, 5.41) is 9.54. The molecule has 1 saturated carbocycles. The molecule has 1 aliphatic carbocycles. The second kappa shape index (κ2) is 5.21. The molecule has 104 valence electrons. The molecule has 0 radical (unpaired) electrons. The van der Waals surface area contributed by atoms with Gasteiger partial charge in [-0.1, -0.05) is 6.07 Å². The lowest BCUT2D eigenvalue weighted by Gasteiger charge is -2.27. The Morgan fingerprint density at radius 2 is 2.00 bits per heavy atom. The van der Waals surface area contributed by atoms with E-state index in [1.54, 1.807) is 7.11 Å². The standard InChI is InChI=1S/C15H21NO3/c1-9-10(2)13(19-4)8-7-12(9)14(15(17)18)16(3)11-5-6-11/h7-8,11,14H,5-6H2,1-4H3,(H,17,18). The normalized spacial score (nSPS) is 16.5. The fraction of sp³-hybridized carbons (Fsp3) is 0.533. The molecule has 0 saturated heterocycles. The number of carboxylic acid groups (broad SMARTS) is 1. The largest absolute Gasteiger partial charge is 0.496 e. The van der Waals surface area contributed by atoms with Gasteiger partial charge in [-0.25, -0.2) is 0 Å². The number of methoxy groups -OCH3 is 1. The fourth-order valence-corrected chi connectivity index (χ4v) is 2.55. The van der Waals surface area contributed by atoms with Gasteiger partial charge in [0.1, 0.15) is 11.8 Å². The average molecular weight is 263 g/mol. The van der Waals surface area contributed by atoms with Crippen LogP contribution in [0.3, 0.4) is 0 Å². The predicted molar refractivity (Wildman–Crippen MR) is 73.6 cm³/mol. The van der Waals surface area contributed by atoms with E-state index in [4.69, 9.17) is 4.74 Å². The third-order valence-electron chi connectivity index (χ3n) is 4.06. The minimum absolute atomic E-state index is 0.405. The van der Waals surface area contributed by atoms with Crippen LogP contribution in [0.1, 0.15) is 35.6 Å². The quantitative estimate of drug-likeness (QED) is 0.887. The summed E-state index contributed by atoms with van der Waals surface area (Å²) in [7, 11) is 3.53. The van der Waals surface area contributed by atoms with Crippen LogP contribution in [-0.4, -0.2) is 36.2 Å². The van der Waals surface area contributed by atoms with Crippen LogP contribution in [0.2, 0.25) is 0 Å². The third-order valence-corrected chi connectivity index (χ3v) is 4.06. The predicted octanol–water partition coefficient (Wildman–Crippen LogP) is 2.53. The summed E-state index contributed by atoms with van der Waals surface area (Å²) in [5.41, 5.74) is 2.87. The van der Waals surface area contributed by atoms with E-state index in [2.05, 4.69) is 0 Å². The zero-order chi connectivity index (χ0) is 14.2. The van der Waals surface area contributed by atoms with Crippen LogP contribution in [0.15, 0.2) is 12.1 Å². The highest BCUT2D eigenvalue weighted by molar-refractivity contribution is 5.76. The molecule has 4 heteroatoms. The Balaban J connectivity index is 2.42. The molecule has 4 nitrogen and oxygen atoms in total. The number of hydrogen-bond acceptors (Lipinski definition) is 3. The highest BCUT2D eigenvalue weighted by Gasteiger charge is 2.36. The molecule has 0 aromatic heterocycles. The van der Waals surface area contributed by atoms with Crippen LogP contribution >= 0.6 is 0 Å². The maximum Gasteiger partial charge on any atom is 0.325 e. The molecule has 2 rings (SSSR count). The Kier molecular flexibility index (Phi) is 3.80. The Morgan fingerprint density at radius 3 is 2.47 bits per heavy atom. The summed E-state index contributed by atoms with van der Waals surface area (Å²) in [4.78, 5) is 13.6. The van der Waals surface area contributed by atoms with Gasteiger partial charge in [-0.3, -0.25) is 9.69 Å². The number of nitrogens with zero attached hydrogens (tertiary/aromatic N) is 1. The van der Waals surface area contributed by atoms with Gasteiger partial charge in [-0.15, -0.1) is 0 Å². The van der Waals surface area contributed by atoms with Crippen LogP contribution < -0.4 is 4.74 Å². The second-order valence-corrected chi connectivity index (χ2v) is 5.24. The van der Waals surface area contributed by atoms with E-state index in [1.165, 1.54) is 0 Å². The van der Waals surface area contributed by atoms with Gasteiger partial charge >= 0.3 is 5.97 Å². The van der Waals surface area contributed by atoms with Gasteiger partial charge in [-0.2, -0.15) is 0 Å². The van der Waals surface area contributed by atoms with Crippen molar-refractivity contribution in [2.24, 2.45) is 0 Å². The zero-order valence-corrected chi connectivity index (χ0v) is 11.9. The summed E-state index contributed by atoms with van der Waals surface area (Å²) in [5.74, 6) is 0.0153. The molecule has 0 aliphatic heterocycles. The first-order valence-corrected chi connectivity index (χ1v) is 6.56. The maximum absolute atomic E-state index is 11.6. The summed E-state index contributed by atoms with van der Waals surface area (Å²) in [6, 6.07) is 3.56.